The molecule has 0 N–H and O–H groups in total. The van der Waals surface area contributed by atoms with Crippen LogP contribution in [-0.4, -0.2) is 17.5 Å². The average molecular weight is 457 g/mol. The second-order valence-corrected chi connectivity index (χ2v) is 11.4. The molecule has 4 aliphatic rings. The van der Waals surface area contributed by atoms with Gasteiger partial charge in [0.2, 0.25) is 5.54 Å². The molecule has 0 amide bonds. The van der Waals surface area contributed by atoms with Crippen LogP contribution in [0.5, 0.6) is 11.5 Å². The number of carbonyl (C=O) groups is 2. The van der Waals surface area contributed by atoms with E-state index in [1.807, 2.05) is 13.8 Å². The Morgan fingerprint density at radius 3 is 2.00 bits per heavy atom. The van der Waals surface area contributed by atoms with Gasteiger partial charge in [0, 0.05) is 47.8 Å². The number of hydrogen-bond acceptors (Lipinski definition) is 5. The summed E-state index contributed by atoms with van der Waals surface area (Å²) in [6, 6.07) is 8.79. The largest absolute Gasteiger partial charge is 0.423 e. The van der Waals surface area contributed by atoms with Crippen molar-refractivity contribution in [1.29, 1.82) is 5.26 Å². The number of ether oxygens (including phenoxy) is 2. The molecule has 34 heavy (non-hydrogen) atoms. The summed E-state index contributed by atoms with van der Waals surface area (Å²) >= 11 is 0. The van der Waals surface area contributed by atoms with Gasteiger partial charge in [-0.25, -0.2) is 16.2 Å². The van der Waals surface area contributed by atoms with Gasteiger partial charge in [0.05, 0.1) is 11.5 Å². The maximum atomic E-state index is 12.8. The zero-order valence-electron chi connectivity index (χ0n) is 19.6. The minimum atomic E-state index is -0.512. The number of benzene rings is 1. The molecule has 0 spiro atoms. The summed E-state index contributed by atoms with van der Waals surface area (Å²) in [7, 11) is 0. The Kier molecular flexibility index (Phi) is 4.65. The monoisotopic (exact) mass is 456 g/mol. The second-order valence-electron chi connectivity index (χ2n) is 11.4. The van der Waals surface area contributed by atoms with E-state index in [2.05, 4.69) is 24.1 Å². The summed E-state index contributed by atoms with van der Waals surface area (Å²) in [4.78, 5) is 29.4. The fraction of sp³-hybridized carbons (Fsp3) is 0.500. The van der Waals surface area contributed by atoms with Crippen LogP contribution in [-0.2, 0) is 9.59 Å². The van der Waals surface area contributed by atoms with Gasteiger partial charge >= 0.3 is 11.9 Å². The molecule has 6 atom stereocenters. The molecule has 0 radical (unpaired) electrons. The first-order chi connectivity index (χ1) is 16.0. The van der Waals surface area contributed by atoms with E-state index in [9.17, 15) is 14.9 Å². The van der Waals surface area contributed by atoms with Crippen LogP contribution < -0.4 is 9.47 Å². The third-order valence-corrected chi connectivity index (χ3v) is 8.71. The van der Waals surface area contributed by atoms with E-state index in [0.29, 0.717) is 35.8 Å². The van der Waals surface area contributed by atoms with Crippen LogP contribution in [0.15, 0.2) is 48.6 Å². The van der Waals surface area contributed by atoms with E-state index in [1.165, 1.54) is 6.07 Å². The first kappa shape index (κ1) is 22.4. The Hall–Kier alpha value is -3.38. The highest BCUT2D eigenvalue weighted by Gasteiger charge is 2.69. The standard InChI is InChI=1S/C28H28N2O4/c1-17(27-12-19(27)10-25(3,14-27)16-29)23(31)33-21-7-6-8-22(9-21)34-24(32)18(2)28-13-20(28)11-26(4,15-28)30-5/h6-9,19-20H,1-2,10-15H2,3-4H3. The van der Waals surface area contributed by atoms with E-state index >= 15 is 0 Å². The lowest BCUT2D eigenvalue weighted by atomic mass is 9.82. The molecular weight excluding hydrogens is 428 g/mol. The van der Waals surface area contributed by atoms with Crippen molar-refractivity contribution in [3.63, 3.8) is 0 Å². The molecule has 0 aromatic heterocycles. The van der Waals surface area contributed by atoms with Crippen molar-refractivity contribution in [3.05, 3.63) is 60.0 Å². The van der Waals surface area contributed by atoms with Gasteiger partial charge in [-0.1, -0.05) is 19.2 Å². The Morgan fingerprint density at radius 1 is 1.00 bits per heavy atom. The van der Waals surface area contributed by atoms with Crippen LogP contribution in [0.1, 0.15) is 52.4 Å². The molecule has 6 unspecified atom stereocenters. The van der Waals surface area contributed by atoms with E-state index in [0.717, 1.165) is 25.7 Å². The smallest absolute Gasteiger partial charge is 0.339 e. The molecule has 4 saturated carbocycles. The normalized spacial score (nSPS) is 38.5. The highest BCUT2D eigenvalue weighted by molar-refractivity contribution is 5.93. The second kappa shape index (κ2) is 7.06. The molecule has 4 aliphatic carbocycles. The van der Waals surface area contributed by atoms with Crippen LogP contribution >= 0.6 is 0 Å². The van der Waals surface area contributed by atoms with Crippen LogP contribution in [0.3, 0.4) is 0 Å². The number of nitrogens with zero attached hydrogens (tertiary/aromatic N) is 2. The van der Waals surface area contributed by atoms with Gasteiger partial charge in [-0.15, -0.1) is 0 Å². The maximum absolute atomic E-state index is 12.8. The van der Waals surface area contributed by atoms with Crippen molar-refractivity contribution in [2.75, 3.05) is 0 Å². The lowest BCUT2D eigenvalue weighted by molar-refractivity contribution is -0.131. The fourth-order valence-corrected chi connectivity index (χ4v) is 6.79. The lowest BCUT2D eigenvalue weighted by Gasteiger charge is -2.21. The summed E-state index contributed by atoms with van der Waals surface area (Å²) in [5.74, 6) is 0.130. The minimum Gasteiger partial charge on any atom is -0.423 e. The molecule has 1 aromatic carbocycles. The number of nitriles is 1. The molecule has 4 fully saturated rings. The van der Waals surface area contributed by atoms with Gasteiger partial charge in [0.15, 0.2) is 0 Å². The highest BCUT2D eigenvalue weighted by Crippen LogP contribution is 2.72. The Bertz CT molecular complexity index is 1150. The van der Waals surface area contributed by atoms with Crippen molar-refractivity contribution in [1.82, 2.24) is 0 Å². The summed E-state index contributed by atoms with van der Waals surface area (Å²) in [5.41, 5.74) is -0.681. The van der Waals surface area contributed by atoms with E-state index in [4.69, 9.17) is 16.0 Å². The average Bonchev–Trinajstić information content (AvgIpc) is 3.61. The van der Waals surface area contributed by atoms with Gasteiger partial charge < -0.3 is 14.3 Å². The first-order valence-corrected chi connectivity index (χ1v) is 11.7. The van der Waals surface area contributed by atoms with Gasteiger partial charge in [-0.2, -0.15) is 5.26 Å². The van der Waals surface area contributed by atoms with Gasteiger partial charge in [-0.3, -0.25) is 0 Å². The van der Waals surface area contributed by atoms with Crippen LogP contribution in [0.25, 0.3) is 4.85 Å². The Labute approximate surface area is 200 Å². The molecular formula is C28H28N2O4. The highest BCUT2D eigenvalue weighted by atomic mass is 16.5. The van der Waals surface area contributed by atoms with Crippen molar-refractivity contribution in [2.24, 2.45) is 28.1 Å². The van der Waals surface area contributed by atoms with E-state index < -0.39 is 22.9 Å². The van der Waals surface area contributed by atoms with Gasteiger partial charge in [-0.05, 0) is 56.6 Å². The zero-order valence-corrected chi connectivity index (χ0v) is 19.6. The molecule has 6 nitrogen and oxygen atoms in total. The molecule has 5 rings (SSSR count). The number of hydrogen-bond donors (Lipinski definition) is 0. The summed E-state index contributed by atoms with van der Waals surface area (Å²) in [6.07, 6.45) is 4.57. The van der Waals surface area contributed by atoms with Gasteiger partial charge in [0.25, 0.3) is 0 Å². The van der Waals surface area contributed by atoms with Crippen molar-refractivity contribution >= 4 is 11.9 Å². The number of esters is 2. The van der Waals surface area contributed by atoms with Crippen molar-refractivity contribution in [3.8, 4) is 17.6 Å². The van der Waals surface area contributed by atoms with Crippen molar-refractivity contribution in [2.45, 2.75) is 57.9 Å². The minimum absolute atomic E-state index is 0.264. The van der Waals surface area contributed by atoms with Gasteiger partial charge in [0.1, 0.15) is 11.5 Å². The zero-order chi connectivity index (χ0) is 24.5. The summed E-state index contributed by atoms with van der Waals surface area (Å²) in [6.45, 7) is 19.3. The lowest BCUT2D eigenvalue weighted by Crippen LogP contribution is -2.23. The van der Waals surface area contributed by atoms with Crippen molar-refractivity contribution < 1.29 is 19.1 Å². The number of rotatable bonds is 6. The summed E-state index contributed by atoms with van der Waals surface area (Å²) < 4.78 is 11.1. The number of carbonyl (C=O) groups excluding carboxylic acids is 2. The topological polar surface area (TPSA) is 80.8 Å². The Balaban J connectivity index is 1.22. The third-order valence-electron chi connectivity index (χ3n) is 8.71. The summed E-state index contributed by atoms with van der Waals surface area (Å²) in [5, 5.41) is 9.44. The van der Waals surface area contributed by atoms with Crippen LogP contribution in [0.2, 0.25) is 0 Å². The predicted molar refractivity (Wildman–Crippen MR) is 124 cm³/mol. The quantitative estimate of drug-likeness (QED) is 0.247. The van der Waals surface area contributed by atoms with E-state index in [1.54, 1.807) is 18.2 Å². The molecule has 1 aromatic rings. The molecule has 0 bridgehead atoms. The molecule has 6 heteroatoms. The molecule has 0 aliphatic heterocycles. The molecule has 0 heterocycles. The molecule has 174 valence electrons. The van der Waals surface area contributed by atoms with Crippen LogP contribution in [0.4, 0.5) is 0 Å². The number of fused-ring (bicyclic) bond motifs is 2. The predicted octanol–water partition coefficient (Wildman–Crippen LogP) is 5.42. The molecule has 0 saturated heterocycles. The fourth-order valence-electron chi connectivity index (χ4n) is 6.79. The van der Waals surface area contributed by atoms with E-state index in [-0.39, 0.29) is 22.3 Å². The third kappa shape index (κ3) is 3.36. The Morgan fingerprint density at radius 2 is 1.53 bits per heavy atom. The first-order valence-electron chi connectivity index (χ1n) is 11.7. The maximum Gasteiger partial charge on any atom is 0.339 e. The van der Waals surface area contributed by atoms with Crippen LogP contribution in [0, 0.1) is 46.0 Å². The SMILES string of the molecule is [C-]#[N+]C1(C)CC2CC2(C(=C)C(=O)Oc2cccc(OC(=O)C(=C)C34CC3CC(C)(C#N)C4)c2)C1.